The van der Waals surface area contributed by atoms with Crippen LogP contribution >= 0.6 is 0 Å². The van der Waals surface area contributed by atoms with Crippen molar-refractivity contribution in [3.63, 3.8) is 0 Å². The zero-order valence-electron chi connectivity index (χ0n) is 25.5. The van der Waals surface area contributed by atoms with Crippen molar-refractivity contribution in [3.05, 3.63) is 40.5 Å². The summed E-state index contributed by atoms with van der Waals surface area (Å²) in [5.41, 5.74) is 4.94. The molecule has 0 atom stereocenters. The molecule has 0 saturated heterocycles. The molecule has 1 N–H and O–H groups in total. The number of hydrogen-bond donors (Lipinski definition) is 1. The molecule has 0 aromatic heterocycles. The van der Waals surface area contributed by atoms with Gasteiger partial charge in [-0.25, -0.2) is 0 Å². The Morgan fingerprint density at radius 3 is 2.21 bits per heavy atom. The average Bonchev–Trinajstić information content (AvgIpc) is 2.77. The fraction of sp³-hybridized carbons (Fsp3) is 0.656. The van der Waals surface area contributed by atoms with E-state index >= 15 is 0 Å². The van der Waals surface area contributed by atoms with Gasteiger partial charge < -0.3 is 0 Å². The molecule has 0 radical (unpaired) electrons. The van der Waals surface area contributed by atoms with Gasteiger partial charge in [0, 0.05) is 0 Å². The number of fused-ring (bicyclic) bond motifs is 1. The number of ether oxygens (including phenoxy) is 1. The van der Waals surface area contributed by atoms with E-state index in [2.05, 4.69) is 84.4 Å². The Bertz CT molecular complexity index is 1070. The van der Waals surface area contributed by atoms with Gasteiger partial charge in [-0.15, -0.1) is 0 Å². The van der Waals surface area contributed by atoms with Crippen molar-refractivity contribution >= 4 is 33.7 Å². The number of carbonyl (C=O) groups is 1. The molecule has 0 fully saturated rings. The van der Waals surface area contributed by atoms with Crippen LogP contribution < -0.4 is 4.46 Å². The number of benzene rings is 1. The summed E-state index contributed by atoms with van der Waals surface area (Å²) in [6.07, 6.45) is 6.73. The number of hydrogen-bond acceptors (Lipinski definition) is 3. The first kappa shape index (κ1) is 32.9. The molecule has 0 bridgehead atoms. The minimum atomic E-state index is -1.66. The van der Waals surface area contributed by atoms with Crippen molar-refractivity contribution in [1.29, 1.82) is 0 Å². The number of allylic oxidation sites excluding steroid dienone is 1. The molecular weight excluding hydrogens is 555 g/mol. The van der Waals surface area contributed by atoms with Gasteiger partial charge in [0.05, 0.1) is 0 Å². The third kappa shape index (κ3) is 9.39. The van der Waals surface area contributed by atoms with Gasteiger partial charge >= 0.3 is 219 Å². The van der Waals surface area contributed by atoms with Crippen LogP contribution in [0.5, 0.6) is 0 Å². The van der Waals surface area contributed by atoms with Crippen LogP contribution in [0.2, 0.25) is 18.1 Å². The molecular formula is C32H50O4SeSi. The molecule has 1 aromatic carbocycles. The summed E-state index contributed by atoms with van der Waals surface area (Å²) in [6, 6.07) is 4.75. The van der Waals surface area contributed by atoms with Gasteiger partial charge in [0.1, 0.15) is 0 Å². The Labute approximate surface area is 239 Å². The third-order valence-electron chi connectivity index (χ3n) is 8.24. The molecule has 4 nitrogen and oxygen atoms in total. The molecule has 1 aliphatic rings. The number of aliphatic carboxylic acids is 1. The first-order valence-corrected chi connectivity index (χ1v) is 18.6. The Kier molecular flexibility index (Phi) is 11.5. The van der Waals surface area contributed by atoms with Crippen molar-refractivity contribution in [1.82, 2.24) is 0 Å². The van der Waals surface area contributed by atoms with Crippen molar-refractivity contribution in [2.75, 3.05) is 13.2 Å². The molecule has 0 amide bonds. The van der Waals surface area contributed by atoms with Crippen molar-refractivity contribution < 1.29 is 19.1 Å². The van der Waals surface area contributed by atoms with Gasteiger partial charge in [-0.2, -0.15) is 0 Å². The summed E-state index contributed by atoms with van der Waals surface area (Å²) in [4.78, 5) is 14.2. The molecule has 6 heteroatoms. The quantitative estimate of drug-likeness (QED) is 0.127. The number of unbranched alkanes of at least 4 members (excludes halogenated alkanes) is 2. The first-order valence-electron chi connectivity index (χ1n) is 13.9. The summed E-state index contributed by atoms with van der Waals surface area (Å²) in [5.74, 6) is 2.07. The Morgan fingerprint density at radius 1 is 1.05 bits per heavy atom. The van der Waals surface area contributed by atoms with Crippen LogP contribution in [-0.4, -0.2) is 47.6 Å². The fourth-order valence-electron chi connectivity index (χ4n) is 4.44. The second-order valence-electron chi connectivity index (χ2n) is 13.5. The first-order chi connectivity index (χ1) is 17.5. The van der Waals surface area contributed by atoms with Crippen LogP contribution in [0.1, 0.15) is 104 Å². The fourth-order valence-corrected chi connectivity index (χ4v) is 7.09. The van der Waals surface area contributed by atoms with Gasteiger partial charge in [-0.3, -0.25) is 0 Å². The van der Waals surface area contributed by atoms with E-state index in [1.54, 1.807) is 6.92 Å². The minimum absolute atomic E-state index is 0.0833. The van der Waals surface area contributed by atoms with E-state index in [0.717, 1.165) is 32.5 Å². The molecule has 0 unspecified atom stereocenters. The molecule has 0 aliphatic heterocycles. The van der Waals surface area contributed by atoms with Gasteiger partial charge in [0.2, 0.25) is 0 Å². The normalized spacial score (nSPS) is 16.9. The maximum atomic E-state index is 10.9. The van der Waals surface area contributed by atoms with Crippen molar-refractivity contribution in [2.45, 2.75) is 123 Å². The second-order valence-corrected chi connectivity index (χ2v) is 20.1. The zero-order chi connectivity index (χ0) is 28.8. The van der Waals surface area contributed by atoms with E-state index in [9.17, 15) is 4.79 Å². The Morgan fingerprint density at radius 2 is 1.63 bits per heavy atom. The van der Waals surface area contributed by atoms with E-state index in [1.807, 2.05) is 0 Å². The maximum absolute atomic E-state index is 10.9. The molecule has 1 aliphatic carbocycles. The van der Waals surface area contributed by atoms with E-state index in [0.29, 0.717) is 12.2 Å². The van der Waals surface area contributed by atoms with E-state index in [1.165, 1.54) is 40.1 Å². The number of carboxylic acid groups (broad SMARTS) is 1. The second kappa shape index (κ2) is 13.3. The van der Waals surface area contributed by atoms with Gasteiger partial charge in [-0.1, -0.05) is 20.8 Å². The topological polar surface area (TPSA) is 55.8 Å². The standard InChI is InChI=1S/C32H50O4SeSi/c1-24(20-29(33)34)14-19-37-28-22-27-26(31(5,6)15-16-32(27,7)8)21-25(28)23-35-17-12-11-13-18-36-38(9,10)30(2,3)4/h20-22H,11-13,15-18,23H2,1-10H3,(H,33,34)/b24-20+. The Hall–Kier alpha value is -1.35. The van der Waals surface area contributed by atoms with Crippen molar-refractivity contribution in [3.8, 4) is 10.7 Å². The molecule has 212 valence electrons. The zero-order valence-corrected chi connectivity index (χ0v) is 28.2. The van der Waals surface area contributed by atoms with Crippen LogP contribution in [0.4, 0.5) is 0 Å². The summed E-state index contributed by atoms with van der Waals surface area (Å²) in [5, 5.41) is 9.23. The molecule has 38 heavy (non-hydrogen) atoms. The predicted molar refractivity (Wildman–Crippen MR) is 163 cm³/mol. The number of carboxylic acids is 1. The van der Waals surface area contributed by atoms with E-state index < -0.39 is 14.3 Å². The number of rotatable bonds is 11. The summed E-state index contributed by atoms with van der Waals surface area (Å²) >= 11 is -0.0833. The monoisotopic (exact) mass is 606 g/mol. The van der Waals surface area contributed by atoms with Crippen LogP contribution in [0, 0.1) is 10.7 Å². The van der Waals surface area contributed by atoms with Crippen LogP contribution in [0.3, 0.4) is 0 Å². The van der Waals surface area contributed by atoms with E-state index in [4.69, 9.17) is 14.3 Å². The van der Waals surface area contributed by atoms with Gasteiger partial charge in [0.25, 0.3) is 0 Å². The van der Waals surface area contributed by atoms with E-state index in [-0.39, 0.29) is 30.8 Å². The summed E-state index contributed by atoms with van der Waals surface area (Å²) in [7, 11) is -1.66. The van der Waals surface area contributed by atoms with Crippen molar-refractivity contribution in [2.24, 2.45) is 0 Å². The Balaban J connectivity index is 2.07. The molecule has 0 spiro atoms. The molecule has 1 aromatic rings. The summed E-state index contributed by atoms with van der Waals surface area (Å²) < 4.78 is 13.7. The molecule has 0 heterocycles. The molecule has 0 saturated carbocycles. The summed E-state index contributed by atoms with van der Waals surface area (Å²) in [6.45, 7) is 24.8. The predicted octanol–water partition coefficient (Wildman–Crippen LogP) is 7.07. The van der Waals surface area contributed by atoms with Crippen LogP contribution in [0.25, 0.3) is 0 Å². The SMILES string of the molecule is C/C(C#C[Se]c1cc2c(cc1COCCCCCO[Si](C)(C)C(C)(C)C)C(C)(C)CCC2(C)C)=C\C(=O)O. The third-order valence-corrected chi connectivity index (χ3v) is 14.5. The molecule has 2 rings (SSSR count). The average molecular weight is 606 g/mol. The van der Waals surface area contributed by atoms with Gasteiger partial charge in [-0.05, 0) is 0 Å². The van der Waals surface area contributed by atoms with Crippen LogP contribution in [0.15, 0.2) is 23.8 Å². The van der Waals surface area contributed by atoms with Crippen LogP contribution in [-0.2, 0) is 31.4 Å². The van der Waals surface area contributed by atoms with Gasteiger partial charge in [0.15, 0.2) is 0 Å².